The number of carbonyl (C=O) groups excluding carboxylic acids is 2. The SMILES string of the molecule is CCNCCC(=O)NCCNC(=O)CCCN(C[PH](O)(OC)OC)C[PH](O)(OC)OC. The second-order valence-corrected chi connectivity index (χ2v) is 12.0. The minimum atomic E-state index is -3.43. The number of nitrogens with zero attached hydrogens (tertiary/aromatic N) is 1. The van der Waals surface area contributed by atoms with Gasteiger partial charge in [0, 0.05) is 6.54 Å². The van der Waals surface area contributed by atoms with Crippen molar-refractivity contribution in [2.75, 3.05) is 73.7 Å². The molecule has 0 spiro atoms. The molecule has 14 heteroatoms. The van der Waals surface area contributed by atoms with Crippen molar-refractivity contribution in [1.82, 2.24) is 20.9 Å². The molecule has 0 heterocycles. The fourth-order valence-electron chi connectivity index (χ4n) is 2.63. The van der Waals surface area contributed by atoms with Crippen LogP contribution in [0.1, 0.15) is 26.2 Å². The molecule has 0 aromatic rings. The Balaban J connectivity index is 4.40. The Morgan fingerprint density at radius 3 is 1.68 bits per heavy atom. The average Bonchev–Trinajstić information content (AvgIpc) is 2.76. The Kier molecular flexibility index (Phi) is 16.7. The molecule has 0 aliphatic carbocycles. The molecule has 0 aromatic carbocycles. The van der Waals surface area contributed by atoms with Crippen LogP contribution in [0.4, 0.5) is 0 Å². The Bertz CT molecular complexity index is 491. The van der Waals surface area contributed by atoms with Gasteiger partial charge in [0.25, 0.3) is 0 Å². The molecule has 0 aromatic heterocycles. The summed E-state index contributed by atoms with van der Waals surface area (Å²) in [5.74, 6) is -0.217. The van der Waals surface area contributed by atoms with E-state index in [1.807, 2.05) is 6.92 Å². The van der Waals surface area contributed by atoms with Crippen LogP contribution in [0.2, 0.25) is 0 Å². The predicted octanol–water partition coefficient (Wildman–Crippen LogP) is -0.224. The standard InChI is InChI=1S/C17H42N4O8P2/c1-6-18-10-9-17(23)20-12-11-19-16(22)8-7-13-21(14-30(24,26-2)27-3)15-31(25,28-4)29-5/h18,24-25,30-31H,6-15H2,1-5H3,(H,19,22)(H,20,23). The first-order chi connectivity index (χ1) is 14.7. The summed E-state index contributed by atoms with van der Waals surface area (Å²) in [6.07, 6.45) is 1.22. The van der Waals surface area contributed by atoms with Gasteiger partial charge in [-0.15, -0.1) is 0 Å². The van der Waals surface area contributed by atoms with Crippen LogP contribution in [0.15, 0.2) is 0 Å². The van der Waals surface area contributed by atoms with E-state index in [-0.39, 0.29) is 30.8 Å². The van der Waals surface area contributed by atoms with Gasteiger partial charge in [0.1, 0.15) is 0 Å². The molecule has 0 rings (SSSR count). The summed E-state index contributed by atoms with van der Waals surface area (Å²) in [5.41, 5.74) is 0. The Labute approximate surface area is 186 Å². The van der Waals surface area contributed by atoms with Crippen molar-refractivity contribution in [3.05, 3.63) is 0 Å². The van der Waals surface area contributed by atoms with Crippen molar-refractivity contribution in [2.24, 2.45) is 0 Å². The van der Waals surface area contributed by atoms with Crippen LogP contribution >= 0.6 is 15.9 Å². The molecule has 0 aliphatic heterocycles. The van der Waals surface area contributed by atoms with Crippen molar-refractivity contribution in [1.29, 1.82) is 0 Å². The molecular weight excluding hydrogens is 450 g/mol. The van der Waals surface area contributed by atoms with E-state index in [2.05, 4.69) is 16.0 Å². The van der Waals surface area contributed by atoms with Crippen LogP contribution in [0.25, 0.3) is 0 Å². The molecule has 0 bridgehead atoms. The van der Waals surface area contributed by atoms with Gasteiger partial charge in [-0.2, -0.15) is 0 Å². The van der Waals surface area contributed by atoms with E-state index in [4.69, 9.17) is 18.1 Å². The zero-order chi connectivity index (χ0) is 23.8. The first kappa shape index (κ1) is 30.5. The number of hydrogen-bond donors (Lipinski definition) is 5. The quantitative estimate of drug-likeness (QED) is 0.121. The Hall–Kier alpha value is -0.520. The normalized spacial score (nSPS) is 13.3. The fraction of sp³-hybridized carbons (Fsp3) is 0.882. The van der Waals surface area contributed by atoms with Gasteiger partial charge in [0.15, 0.2) is 0 Å². The summed E-state index contributed by atoms with van der Waals surface area (Å²) >= 11 is 0. The van der Waals surface area contributed by atoms with E-state index in [9.17, 15) is 19.4 Å². The zero-order valence-corrected chi connectivity index (χ0v) is 21.4. The molecule has 188 valence electrons. The van der Waals surface area contributed by atoms with Crippen molar-refractivity contribution in [3.8, 4) is 0 Å². The number of nitrogens with one attached hydrogen (secondary N) is 3. The van der Waals surface area contributed by atoms with Gasteiger partial charge in [0.2, 0.25) is 0 Å². The van der Waals surface area contributed by atoms with E-state index in [1.165, 1.54) is 28.4 Å². The molecular formula is C17H42N4O8P2. The molecule has 2 amide bonds. The van der Waals surface area contributed by atoms with Crippen molar-refractivity contribution >= 4 is 27.7 Å². The van der Waals surface area contributed by atoms with E-state index in [0.29, 0.717) is 39.0 Å². The maximum absolute atomic E-state index is 12.0. The number of rotatable bonds is 19. The fourth-order valence-corrected chi connectivity index (χ4v) is 5.37. The number of carbonyl (C=O) groups is 2. The first-order valence-electron chi connectivity index (χ1n) is 10.3. The van der Waals surface area contributed by atoms with Crippen molar-refractivity contribution < 1.29 is 37.5 Å². The number of hydrogen-bond acceptors (Lipinski definition) is 10. The van der Waals surface area contributed by atoms with Gasteiger partial charge in [0.05, 0.1) is 0 Å². The second kappa shape index (κ2) is 17.0. The summed E-state index contributed by atoms with van der Waals surface area (Å²) in [6.45, 7) is 4.51. The van der Waals surface area contributed by atoms with E-state index in [1.54, 1.807) is 4.90 Å². The monoisotopic (exact) mass is 492 g/mol. The summed E-state index contributed by atoms with van der Waals surface area (Å²) < 4.78 is 20.4. The molecule has 5 N–H and O–H groups in total. The molecule has 0 fully saturated rings. The molecule has 0 unspecified atom stereocenters. The van der Waals surface area contributed by atoms with Crippen molar-refractivity contribution in [3.63, 3.8) is 0 Å². The van der Waals surface area contributed by atoms with Gasteiger partial charge in [-0.3, -0.25) is 0 Å². The van der Waals surface area contributed by atoms with Gasteiger partial charge in [-0.05, 0) is 6.54 Å². The van der Waals surface area contributed by atoms with Crippen LogP contribution in [-0.4, -0.2) is 100 Å². The Morgan fingerprint density at radius 1 is 0.806 bits per heavy atom. The van der Waals surface area contributed by atoms with E-state index >= 15 is 0 Å². The second-order valence-electron chi connectivity index (χ2n) is 6.86. The van der Waals surface area contributed by atoms with Gasteiger partial charge < -0.3 is 5.32 Å². The third-order valence-electron chi connectivity index (χ3n) is 4.55. The summed E-state index contributed by atoms with van der Waals surface area (Å²) in [7, 11) is -1.43. The topological polar surface area (TPSA) is 151 Å². The third kappa shape index (κ3) is 14.3. The van der Waals surface area contributed by atoms with Crippen LogP contribution < -0.4 is 16.0 Å². The Morgan fingerprint density at radius 2 is 1.26 bits per heavy atom. The molecule has 12 nitrogen and oxygen atoms in total. The molecule has 0 aliphatic rings. The zero-order valence-electron chi connectivity index (χ0n) is 19.4. The molecule has 31 heavy (non-hydrogen) atoms. The van der Waals surface area contributed by atoms with Crippen LogP contribution in [0, 0.1) is 0 Å². The van der Waals surface area contributed by atoms with Gasteiger partial charge >= 0.3 is 161 Å². The summed E-state index contributed by atoms with van der Waals surface area (Å²) in [6, 6.07) is 0. The summed E-state index contributed by atoms with van der Waals surface area (Å²) in [4.78, 5) is 46.1. The third-order valence-corrected chi connectivity index (χ3v) is 8.79. The first-order valence-corrected chi connectivity index (χ1v) is 14.2. The molecule has 0 saturated carbocycles. The van der Waals surface area contributed by atoms with Crippen LogP contribution in [0.5, 0.6) is 0 Å². The average molecular weight is 492 g/mol. The number of amides is 2. The van der Waals surface area contributed by atoms with E-state index in [0.717, 1.165) is 6.54 Å². The van der Waals surface area contributed by atoms with E-state index < -0.39 is 15.9 Å². The summed E-state index contributed by atoms with van der Waals surface area (Å²) in [5, 5.41) is 8.57. The predicted molar refractivity (Wildman–Crippen MR) is 124 cm³/mol. The van der Waals surface area contributed by atoms with Crippen molar-refractivity contribution in [2.45, 2.75) is 26.2 Å². The van der Waals surface area contributed by atoms with Gasteiger partial charge in [-0.25, -0.2) is 0 Å². The van der Waals surface area contributed by atoms with Gasteiger partial charge in [-0.1, -0.05) is 6.92 Å². The molecule has 0 radical (unpaired) electrons. The van der Waals surface area contributed by atoms with Crippen LogP contribution in [0.3, 0.4) is 0 Å². The maximum atomic E-state index is 12.0. The minimum absolute atomic E-state index is 0.0581. The molecule has 0 saturated heterocycles. The molecule has 0 atom stereocenters. The van der Waals surface area contributed by atoms with Crippen LogP contribution in [-0.2, 0) is 27.7 Å².